The molecule has 3 aromatic rings. The fraction of sp³-hybridized carbons (Fsp3) is 0.500. The first-order valence-corrected chi connectivity index (χ1v) is 12.0. The van der Waals surface area contributed by atoms with E-state index in [9.17, 15) is 4.39 Å². The van der Waals surface area contributed by atoms with Crippen LogP contribution in [0.1, 0.15) is 69.8 Å². The number of nitrogens with zero attached hydrogens (tertiary/aromatic N) is 2. The number of imidazole rings is 1. The molecule has 1 radical (unpaired) electrons. The van der Waals surface area contributed by atoms with E-state index in [1.165, 1.54) is 11.1 Å². The summed E-state index contributed by atoms with van der Waals surface area (Å²) in [5, 5.41) is 0. The highest BCUT2D eigenvalue weighted by Crippen LogP contribution is 2.44. The second-order valence-corrected chi connectivity index (χ2v) is 10.5. The summed E-state index contributed by atoms with van der Waals surface area (Å²) in [7, 11) is 2.23. The number of benzene rings is 2. The number of hydrogen-bond acceptors (Lipinski definition) is 2. The van der Waals surface area contributed by atoms with Crippen molar-refractivity contribution in [2.24, 2.45) is 5.92 Å². The van der Waals surface area contributed by atoms with Gasteiger partial charge in [0.05, 0.1) is 11.0 Å². The minimum Gasteiger partial charge on any atom is -0.342 e. The lowest BCUT2D eigenvalue weighted by molar-refractivity contribution is 0.281. The molecule has 0 saturated heterocycles. The highest BCUT2D eigenvalue weighted by Gasteiger charge is 2.32. The van der Waals surface area contributed by atoms with Gasteiger partial charge in [0.25, 0.3) is 0 Å². The van der Waals surface area contributed by atoms with Gasteiger partial charge in [-0.1, -0.05) is 45.9 Å². The number of aryl methyl sites for hydroxylation is 1. The van der Waals surface area contributed by atoms with Crippen LogP contribution in [0.2, 0.25) is 0 Å². The fourth-order valence-corrected chi connectivity index (χ4v) is 5.18. The van der Waals surface area contributed by atoms with Crippen molar-refractivity contribution in [1.29, 1.82) is 0 Å². The molecule has 1 N–H and O–H groups in total. The lowest BCUT2D eigenvalue weighted by atomic mass is 9.69. The predicted molar refractivity (Wildman–Crippen MR) is 131 cm³/mol. The van der Waals surface area contributed by atoms with Crippen LogP contribution in [-0.4, -0.2) is 35.0 Å². The SMILES string of the molecule is CC(C)C1[C](CCN(C)CCC(C)(C)c2nc3ccccc3[nH]2)CCc2cc(F)ccc21. The number of aromatic nitrogens is 2. The first-order valence-electron chi connectivity index (χ1n) is 12.0. The molecular formula is C28H37FN3. The second-order valence-electron chi connectivity index (χ2n) is 10.5. The summed E-state index contributed by atoms with van der Waals surface area (Å²) in [6.07, 6.45) is 4.21. The van der Waals surface area contributed by atoms with E-state index in [1.807, 2.05) is 18.2 Å². The zero-order valence-corrected chi connectivity index (χ0v) is 20.2. The summed E-state index contributed by atoms with van der Waals surface area (Å²) in [6, 6.07) is 13.6. The number of nitrogens with one attached hydrogen (secondary N) is 1. The van der Waals surface area contributed by atoms with E-state index in [0.717, 1.165) is 55.6 Å². The summed E-state index contributed by atoms with van der Waals surface area (Å²) in [5.41, 5.74) is 4.69. The van der Waals surface area contributed by atoms with Crippen molar-refractivity contribution in [3.63, 3.8) is 0 Å². The Hall–Kier alpha value is -2.20. The quantitative estimate of drug-likeness (QED) is 0.430. The number of para-hydroxylation sites is 2. The van der Waals surface area contributed by atoms with Gasteiger partial charge >= 0.3 is 0 Å². The van der Waals surface area contributed by atoms with Crippen LogP contribution in [0.15, 0.2) is 42.5 Å². The molecule has 0 amide bonds. The number of aromatic amines is 1. The van der Waals surface area contributed by atoms with E-state index < -0.39 is 0 Å². The Kier molecular flexibility index (Phi) is 6.71. The third-order valence-electron chi connectivity index (χ3n) is 7.23. The van der Waals surface area contributed by atoms with Gasteiger partial charge in [-0.3, -0.25) is 0 Å². The molecule has 0 spiro atoms. The maximum absolute atomic E-state index is 13.7. The number of hydrogen-bond donors (Lipinski definition) is 1. The average molecular weight is 435 g/mol. The third kappa shape index (κ3) is 4.91. The highest BCUT2D eigenvalue weighted by atomic mass is 19.1. The Morgan fingerprint density at radius 1 is 1.12 bits per heavy atom. The van der Waals surface area contributed by atoms with Crippen LogP contribution in [0.25, 0.3) is 11.0 Å². The Bertz CT molecular complexity index is 1020. The lowest BCUT2D eigenvalue weighted by Crippen LogP contribution is -2.31. The molecule has 2 aromatic carbocycles. The first kappa shape index (κ1) is 23.0. The van der Waals surface area contributed by atoms with Gasteiger partial charge in [0, 0.05) is 5.41 Å². The van der Waals surface area contributed by atoms with Crippen LogP contribution >= 0.6 is 0 Å². The van der Waals surface area contributed by atoms with Crippen molar-refractivity contribution in [3.05, 3.63) is 71.2 Å². The smallest absolute Gasteiger partial charge is 0.123 e. The molecule has 1 aromatic heterocycles. The molecule has 0 fully saturated rings. The van der Waals surface area contributed by atoms with Crippen molar-refractivity contribution in [1.82, 2.24) is 14.9 Å². The van der Waals surface area contributed by atoms with E-state index in [4.69, 9.17) is 4.98 Å². The predicted octanol–water partition coefficient (Wildman–Crippen LogP) is 6.65. The molecule has 32 heavy (non-hydrogen) atoms. The van der Waals surface area contributed by atoms with E-state index in [0.29, 0.717) is 11.8 Å². The van der Waals surface area contributed by atoms with Gasteiger partial charge in [0.2, 0.25) is 0 Å². The van der Waals surface area contributed by atoms with Crippen LogP contribution in [0.4, 0.5) is 4.39 Å². The van der Waals surface area contributed by atoms with Crippen molar-refractivity contribution in [2.75, 3.05) is 20.1 Å². The maximum Gasteiger partial charge on any atom is 0.123 e. The van der Waals surface area contributed by atoms with E-state index in [2.05, 4.69) is 56.8 Å². The summed E-state index contributed by atoms with van der Waals surface area (Å²) in [6.45, 7) is 11.2. The molecule has 1 aliphatic rings. The zero-order chi connectivity index (χ0) is 22.9. The van der Waals surface area contributed by atoms with Crippen LogP contribution in [0.3, 0.4) is 0 Å². The number of H-pyrrole nitrogens is 1. The van der Waals surface area contributed by atoms with Gasteiger partial charge in [-0.05, 0) is 99.0 Å². The summed E-state index contributed by atoms with van der Waals surface area (Å²) < 4.78 is 13.7. The molecule has 1 aliphatic carbocycles. The monoisotopic (exact) mass is 434 g/mol. The molecular weight excluding hydrogens is 397 g/mol. The average Bonchev–Trinajstić information content (AvgIpc) is 3.21. The van der Waals surface area contributed by atoms with E-state index in [-0.39, 0.29) is 11.2 Å². The Labute approximate surface area is 192 Å². The van der Waals surface area contributed by atoms with Gasteiger partial charge in [-0.2, -0.15) is 0 Å². The Morgan fingerprint density at radius 3 is 2.66 bits per heavy atom. The molecule has 0 bridgehead atoms. The van der Waals surface area contributed by atoms with Crippen LogP contribution in [0, 0.1) is 17.7 Å². The Morgan fingerprint density at radius 2 is 1.91 bits per heavy atom. The largest absolute Gasteiger partial charge is 0.342 e. The normalized spacial score (nSPS) is 17.4. The van der Waals surface area contributed by atoms with Crippen LogP contribution in [0.5, 0.6) is 0 Å². The van der Waals surface area contributed by atoms with Gasteiger partial charge in [-0.25, -0.2) is 9.37 Å². The molecule has 0 aliphatic heterocycles. The van der Waals surface area contributed by atoms with Gasteiger partial charge in [0.1, 0.15) is 11.6 Å². The standard InChI is InChI=1S/C28H37FN3/c1-19(2)26-20(10-11-21-18-22(29)12-13-23(21)26)14-16-32(5)17-15-28(3,4)27-30-24-8-6-7-9-25(24)31-27/h6-9,12-13,18-19,26H,10-11,14-17H2,1-5H3,(H,30,31). The molecule has 171 valence electrons. The fourth-order valence-electron chi connectivity index (χ4n) is 5.18. The molecule has 4 rings (SSSR count). The molecule has 1 heterocycles. The molecule has 4 heteroatoms. The van der Waals surface area contributed by atoms with E-state index in [1.54, 1.807) is 18.1 Å². The number of halogens is 1. The highest BCUT2D eigenvalue weighted by molar-refractivity contribution is 5.74. The second kappa shape index (κ2) is 9.35. The molecule has 3 nitrogen and oxygen atoms in total. The van der Waals surface area contributed by atoms with Crippen molar-refractivity contribution in [2.45, 2.75) is 64.7 Å². The van der Waals surface area contributed by atoms with Crippen molar-refractivity contribution in [3.8, 4) is 0 Å². The molecule has 1 atom stereocenters. The van der Waals surface area contributed by atoms with Gasteiger partial charge in [0.15, 0.2) is 0 Å². The van der Waals surface area contributed by atoms with Gasteiger partial charge in [-0.15, -0.1) is 0 Å². The van der Waals surface area contributed by atoms with Crippen LogP contribution in [-0.2, 0) is 11.8 Å². The third-order valence-corrected chi connectivity index (χ3v) is 7.23. The minimum absolute atomic E-state index is 0.00522. The van der Waals surface area contributed by atoms with E-state index >= 15 is 0 Å². The lowest BCUT2D eigenvalue weighted by Gasteiger charge is -2.37. The minimum atomic E-state index is -0.110. The Balaban J connectivity index is 1.35. The van der Waals surface area contributed by atoms with Crippen molar-refractivity contribution >= 4 is 11.0 Å². The van der Waals surface area contributed by atoms with Crippen molar-refractivity contribution < 1.29 is 4.39 Å². The zero-order valence-electron chi connectivity index (χ0n) is 20.2. The summed E-state index contributed by atoms with van der Waals surface area (Å²) >= 11 is 0. The van der Waals surface area contributed by atoms with Gasteiger partial charge < -0.3 is 9.88 Å². The summed E-state index contributed by atoms with van der Waals surface area (Å²) in [5.74, 6) is 3.56. The topological polar surface area (TPSA) is 31.9 Å². The number of fused-ring (bicyclic) bond motifs is 2. The molecule has 0 saturated carbocycles. The maximum atomic E-state index is 13.7. The number of rotatable bonds is 8. The summed E-state index contributed by atoms with van der Waals surface area (Å²) in [4.78, 5) is 10.8. The first-order chi connectivity index (χ1) is 15.2. The van der Waals surface area contributed by atoms with Crippen LogP contribution < -0.4 is 0 Å². The molecule has 1 unspecified atom stereocenters.